The summed E-state index contributed by atoms with van der Waals surface area (Å²) in [5.74, 6) is 0.0607. The molecule has 4 nitrogen and oxygen atoms in total. The molecule has 0 radical (unpaired) electrons. The van der Waals surface area contributed by atoms with E-state index in [0.29, 0.717) is 26.3 Å². The predicted octanol–water partition coefficient (Wildman–Crippen LogP) is 4.90. The minimum absolute atomic E-state index is 0.132. The molecule has 2 aliphatic rings. The number of halogens is 1. The van der Waals surface area contributed by atoms with Gasteiger partial charge >= 0.3 is 0 Å². The average molecular weight is 433 g/mol. The van der Waals surface area contributed by atoms with Crippen molar-refractivity contribution in [1.82, 2.24) is 9.88 Å². The Morgan fingerprint density at radius 3 is 2.81 bits per heavy atom. The third kappa shape index (κ3) is 4.14. The summed E-state index contributed by atoms with van der Waals surface area (Å²) in [6.45, 7) is 2.41. The zero-order chi connectivity index (χ0) is 22.0. The number of amides is 1. The van der Waals surface area contributed by atoms with Crippen LogP contribution in [0.3, 0.4) is 0 Å². The van der Waals surface area contributed by atoms with Gasteiger partial charge in [0.1, 0.15) is 5.82 Å². The van der Waals surface area contributed by atoms with Crippen LogP contribution in [-0.4, -0.2) is 42.1 Å². The summed E-state index contributed by atoms with van der Waals surface area (Å²) >= 11 is 0. The highest BCUT2D eigenvalue weighted by Crippen LogP contribution is 2.43. The maximum atomic E-state index is 14.0. The minimum atomic E-state index is -0.610. The summed E-state index contributed by atoms with van der Waals surface area (Å²) in [7, 11) is 0. The molecule has 2 heterocycles. The molecule has 166 valence electrons. The summed E-state index contributed by atoms with van der Waals surface area (Å²) in [6.07, 6.45) is 6.31. The quantitative estimate of drug-likeness (QED) is 0.589. The molecule has 1 aliphatic carbocycles. The second-order valence-corrected chi connectivity index (χ2v) is 9.23. The molecule has 0 unspecified atom stereocenters. The largest absolute Gasteiger partial charge is 0.379 e. The smallest absolute Gasteiger partial charge is 0.233 e. The number of ether oxygens (including phenoxy) is 1. The topological polar surface area (TPSA) is 42.4 Å². The summed E-state index contributed by atoms with van der Waals surface area (Å²) in [5.41, 5.74) is 2.36. The van der Waals surface area contributed by atoms with Gasteiger partial charge in [0, 0.05) is 30.6 Å². The van der Waals surface area contributed by atoms with E-state index in [1.807, 2.05) is 35.4 Å². The molecule has 1 aromatic heterocycles. The van der Waals surface area contributed by atoms with Crippen LogP contribution in [0.2, 0.25) is 0 Å². The van der Waals surface area contributed by atoms with Crippen molar-refractivity contribution in [3.05, 3.63) is 77.7 Å². The molecule has 1 aliphatic heterocycles. The van der Waals surface area contributed by atoms with E-state index in [1.165, 1.54) is 6.07 Å². The first kappa shape index (κ1) is 21.1. The molecule has 0 spiro atoms. The van der Waals surface area contributed by atoms with E-state index in [0.717, 1.165) is 54.1 Å². The van der Waals surface area contributed by atoms with E-state index in [-0.39, 0.29) is 17.6 Å². The van der Waals surface area contributed by atoms with Crippen molar-refractivity contribution in [2.24, 2.45) is 5.92 Å². The van der Waals surface area contributed by atoms with E-state index < -0.39 is 5.41 Å². The lowest BCUT2D eigenvalue weighted by atomic mass is 9.77. The molecule has 1 saturated heterocycles. The van der Waals surface area contributed by atoms with E-state index in [2.05, 4.69) is 17.1 Å². The molecule has 0 N–H and O–H groups in total. The molecule has 2 aromatic carbocycles. The SMILES string of the molecule is O=C(N1CCOC[C@@H](Cc2cnc3ccccc3c2)C1)C1(c2cccc(F)c2)CCCC1. The summed E-state index contributed by atoms with van der Waals surface area (Å²) in [6, 6.07) is 16.9. The number of rotatable bonds is 4. The maximum absolute atomic E-state index is 14.0. The second kappa shape index (κ2) is 8.99. The molecule has 5 rings (SSSR count). The Morgan fingerprint density at radius 1 is 1.12 bits per heavy atom. The van der Waals surface area contributed by atoms with Crippen LogP contribution in [0.5, 0.6) is 0 Å². The van der Waals surface area contributed by atoms with Gasteiger partial charge in [0.2, 0.25) is 5.91 Å². The van der Waals surface area contributed by atoms with E-state index in [1.54, 1.807) is 12.1 Å². The van der Waals surface area contributed by atoms with Crippen LogP contribution in [0.15, 0.2) is 60.8 Å². The molecule has 5 heteroatoms. The lowest BCUT2D eigenvalue weighted by molar-refractivity contribution is -0.137. The third-order valence-electron chi connectivity index (χ3n) is 7.04. The normalized spacial score (nSPS) is 20.9. The summed E-state index contributed by atoms with van der Waals surface area (Å²) in [5, 5.41) is 1.13. The van der Waals surface area contributed by atoms with Gasteiger partial charge in [-0.15, -0.1) is 0 Å². The van der Waals surface area contributed by atoms with Crippen LogP contribution in [0, 0.1) is 11.7 Å². The number of hydrogen-bond donors (Lipinski definition) is 0. The van der Waals surface area contributed by atoms with Gasteiger partial charge in [0.15, 0.2) is 0 Å². The van der Waals surface area contributed by atoms with Gasteiger partial charge in [-0.3, -0.25) is 9.78 Å². The second-order valence-electron chi connectivity index (χ2n) is 9.23. The molecule has 3 aromatic rings. The van der Waals surface area contributed by atoms with Crippen molar-refractivity contribution in [1.29, 1.82) is 0 Å². The first-order chi connectivity index (χ1) is 15.6. The molecular formula is C27H29FN2O2. The number of nitrogens with zero attached hydrogens (tertiary/aromatic N) is 2. The number of fused-ring (bicyclic) bond motifs is 1. The Balaban J connectivity index is 1.37. The highest BCUT2D eigenvalue weighted by atomic mass is 19.1. The number of pyridine rings is 1. The highest BCUT2D eigenvalue weighted by molar-refractivity contribution is 5.88. The van der Waals surface area contributed by atoms with Crippen LogP contribution < -0.4 is 0 Å². The number of benzene rings is 2. The lowest BCUT2D eigenvalue weighted by Crippen LogP contribution is -2.47. The monoisotopic (exact) mass is 432 g/mol. The van der Waals surface area contributed by atoms with Gasteiger partial charge in [-0.05, 0) is 54.7 Å². The fraction of sp³-hybridized carbons (Fsp3) is 0.407. The predicted molar refractivity (Wildman–Crippen MR) is 123 cm³/mol. The fourth-order valence-electron chi connectivity index (χ4n) is 5.44. The van der Waals surface area contributed by atoms with Crippen LogP contribution in [0.4, 0.5) is 4.39 Å². The van der Waals surface area contributed by atoms with Crippen LogP contribution in [0.25, 0.3) is 10.9 Å². The Bertz CT molecular complexity index is 1110. The van der Waals surface area contributed by atoms with Crippen LogP contribution in [-0.2, 0) is 21.4 Å². The van der Waals surface area contributed by atoms with Crippen molar-refractivity contribution >= 4 is 16.8 Å². The Hall–Kier alpha value is -2.79. The Kier molecular flexibility index (Phi) is 5.92. The lowest BCUT2D eigenvalue weighted by Gasteiger charge is -2.35. The minimum Gasteiger partial charge on any atom is -0.379 e. The van der Waals surface area contributed by atoms with E-state index in [4.69, 9.17) is 4.74 Å². The molecule has 0 bridgehead atoms. The van der Waals surface area contributed by atoms with Crippen molar-refractivity contribution in [3.63, 3.8) is 0 Å². The molecule has 32 heavy (non-hydrogen) atoms. The first-order valence-electron chi connectivity index (χ1n) is 11.6. The van der Waals surface area contributed by atoms with E-state index in [9.17, 15) is 9.18 Å². The number of hydrogen-bond acceptors (Lipinski definition) is 3. The first-order valence-corrected chi connectivity index (χ1v) is 11.6. The van der Waals surface area contributed by atoms with E-state index >= 15 is 0 Å². The Morgan fingerprint density at radius 2 is 1.97 bits per heavy atom. The maximum Gasteiger partial charge on any atom is 0.233 e. The molecule has 1 atom stereocenters. The molecule has 1 amide bonds. The Labute approximate surface area is 188 Å². The number of para-hydroxylation sites is 1. The molecular weight excluding hydrogens is 403 g/mol. The molecule has 2 fully saturated rings. The summed E-state index contributed by atoms with van der Waals surface area (Å²) < 4.78 is 19.9. The number of carbonyl (C=O) groups excluding carboxylic acids is 1. The molecule has 1 saturated carbocycles. The number of carbonyl (C=O) groups is 1. The fourth-order valence-corrected chi connectivity index (χ4v) is 5.44. The van der Waals surface area contributed by atoms with Crippen LogP contribution >= 0.6 is 0 Å². The van der Waals surface area contributed by atoms with Crippen LogP contribution in [0.1, 0.15) is 36.8 Å². The highest BCUT2D eigenvalue weighted by Gasteiger charge is 2.45. The standard InChI is InChI=1S/C27H29FN2O2/c28-24-8-5-7-23(16-24)27(10-3-4-11-27)26(31)30-12-13-32-19-21(18-30)14-20-15-22-6-1-2-9-25(22)29-17-20/h1-2,5-9,15-17,21H,3-4,10-14,18-19H2/t21-/m0/s1. The van der Waals surface area contributed by atoms with Gasteiger partial charge in [0.25, 0.3) is 0 Å². The van der Waals surface area contributed by atoms with Crippen molar-refractivity contribution < 1.29 is 13.9 Å². The van der Waals surface area contributed by atoms with Gasteiger partial charge in [-0.1, -0.05) is 43.2 Å². The van der Waals surface area contributed by atoms with Gasteiger partial charge < -0.3 is 9.64 Å². The van der Waals surface area contributed by atoms with Gasteiger partial charge in [0.05, 0.1) is 24.1 Å². The summed E-state index contributed by atoms with van der Waals surface area (Å²) in [4.78, 5) is 20.5. The third-order valence-corrected chi connectivity index (χ3v) is 7.04. The zero-order valence-electron chi connectivity index (χ0n) is 18.3. The average Bonchev–Trinajstić information content (AvgIpc) is 3.20. The van der Waals surface area contributed by atoms with Crippen molar-refractivity contribution in [2.45, 2.75) is 37.5 Å². The van der Waals surface area contributed by atoms with Crippen molar-refractivity contribution in [3.8, 4) is 0 Å². The number of aromatic nitrogens is 1. The van der Waals surface area contributed by atoms with Gasteiger partial charge in [-0.2, -0.15) is 0 Å². The zero-order valence-corrected chi connectivity index (χ0v) is 18.3. The van der Waals surface area contributed by atoms with Gasteiger partial charge in [-0.25, -0.2) is 4.39 Å². The van der Waals surface area contributed by atoms with Crippen molar-refractivity contribution in [2.75, 3.05) is 26.3 Å².